The van der Waals surface area contributed by atoms with Crippen LogP contribution in [0.1, 0.15) is 20.7 Å². The summed E-state index contributed by atoms with van der Waals surface area (Å²) >= 11 is 7.21. The zero-order chi connectivity index (χ0) is 22.7. The highest BCUT2D eigenvalue weighted by molar-refractivity contribution is 7.99. The molecule has 10 nitrogen and oxygen atoms in total. The second-order valence-corrected chi connectivity index (χ2v) is 8.03. The number of halogens is 1. The number of benzene rings is 2. The summed E-state index contributed by atoms with van der Waals surface area (Å²) in [5.41, 5.74) is 0.378. The molecule has 160 valence electrons. The Morgan fingerprint density at radius 3 is 2.52 bits per heavy atom. The molecule has 1 N–H and O–H groups in total. The van der Waals surface area contributed by atoms with Crippen LogP contribution in [0.25, 0.3) is 0 Å². The highest BCUT2D eigenvalue weighted by Gasteiger charge is 2.21. The maximum absolute atomic E-state index is 12.7. The Hall–Kier alpha value is -3.44. The monoisotopic (exact) mass is 460 g/mol. The van der Waals surface area contributed by atoms with Crippen molar-refractivity contribution in [3.8, 4) is 0 Å². The summed E-state index contributed by atoms with van der Waals surface area (Å²) < 4.78 is 1.62. The normalized spacial score (nSPS) is 10.6. The molecule has 12 heteroatoms. The van der Waals surface area contributed by atoms with Gasteiger partial charge in [0.15, 0.2) is 5.16 Å². The Morgan fingerprint density at radius 2 is 1.90 bits per heavy atom. The van der Waals surface area contributed by atoms with Gasteiger partial charge in [0.25, 0.3) is 17.5 Å². The first-order valence-electron chi connectivity index (χ1n) is 8.80. The number of nitrogens with zero attached hydrogens (tertiary/aromatic N) is 5. The molecule has 2 aromatic carbocycles. The molecular formula is C19H17ClN6O4S. The molecule has 0 fully saturated rings. The number of hydrogen-bond donors (Lipinski definition) is 1. The number of aryl methyl sites for hydroxylation is 1. The lowest BCUT2D eigenvalue weighted by atomic mass is 10.1. The number of carbonyl (C=O) groups is 2. The van der Waals surface area contributed by atoms with Gasteiger partial charge in [-0.25, -0.2) is 0 Å². The van der Waals surface area contributed by atoms with E-state index in [1.165, 1.54) is 41.6 Å². The summed E-state index contributed by atoms with van der Waals surface area (Å²) in [6, 6.07) is 8.61. The van der Waals surface area contributed by atoms with Crippen molar-refractivity contribution >= 4 is 46.6 Å². The fraction of sp³-hybridized carbons (Fsp3) is 0.158. The van der Waals surface area contributed by atoms with Crippen molar-refractivity contribution in [3.63, 3.8) is 0 Å². The Bertz CT molecular complexity index is 1180. The number of rotatable bonds is 6. The second-order valence-electron chi connectivity index (χ2n) is 6.61. The third kappa shape index (κ3) is 5.01. The first kappa shape index (κ1) is 22.2. The van der Waals surface area contributed by atoms with E-state index in [1.807, 2.05) is 0 Å². The molecule has 0 saturated heterocycles. The van der Waals surface area contributed by atoms with Crippen molar-refractivity contribution in [2.75, 3.05) is 19.4 Å². The summed E-state index contributed by atoms with van der Waals surface area (Å²) in [5, 5.41) is 22.5. The Kier molecular flexibility index (Phi) is 6.56. The molecular weight excluding hydrogens is 444 g/mol. The van der Waals surface area contributed by atoms with Crippen LogP contribution < -0.4 is 5.32 Å². The molecule has 1 heterocycles. The highest BCUT2D eigenvalue weighted by Crippen LogP contribution is 2.34. The van der Waals surface area contributed by atoms with E-state index in [0.29, 0.717) is 15.6 Å². The van der Waals surface area contributed by atoms with Crippen LogP contribution in [0.4, 0.5) is 11.4 Å². The van der Waals surface area contributed by atoms with E-state index in [4.69, 9.17) is 11.6 Å². The molecule has 31 heavy (non-hydrogen) atoms. The summed E-state index contributed by atoms with van der Waals surface area (Å²) in [6.07, 6.45) is 1.48. The SMILES string of the molecule is CN(C)C(=O)c1ccc(Cl)c(NC(=O)c2ccc(Sc3nncn3C)c([N+](=O)[O-])c2)c1. The topological polar surface area (TPSA) is 123 Å². The van der Waals surface area contributed by atoms with Crippen LogP contribution in [0.3, 0.4) is 0 Å². The molecule has 0 aliphatic carbocycles. The first-order chi connectivity index (χ1) is 14.7. The van der Waals surface area contributed by atoms with E-state index >= 15 is 0 Å². The number of amides is 2. The standard InChI is InChI=1S/C19H17ClN6O4S/c1-24(2)18(28)12-4-6-13(20)14(8-12)22-17(27)11-5-7-16(15(9-11)26(29)30)31-19-23-21-10-25(19)3/h4-10H,1-3H3,(H,22,27). The van der Waals surface area contributed by atoms with Gasteiger partial charge in [-0.3, -0.25) is 19.7 Å². The lowest BCUT2D eigenvalue weighted by molar-refractivity contribution is -0.387. The minimum atomic E-state index is -0.602. The van der Waals surface area contributed by atoms with Crippen LogP contribution in [0, 0.1) is 10.1 Å². The minimum Gasteiger partial charge on any atom is -0.345 e. The number of anilines is 1. The number of nitrogens with one attached hydrogen (secondary N) is 1. The second kappa shape index (κ2) is 9.14. The van der Waals surface area contributed by atoms with Crippen molar-refractivity contribution in [1.29, 1.82) is 0 Å². The average molecular weight is 461 g/mol. The van der Waals surface area contributed by atoms with Gasteiger partial charge in [0, 0.05) is 38.3 Å². The number of nitro benzene ring substituents is 1. The van der Waals surface area contributed by atoms with Gasteiger partial charge in [-0.05, 0) is 42.1 Å². The molecule has 2 amide bonds. The molecule has 3 aromatic rings. The summed E-state index contributed by atoms with van der Waals surface area (Å²) in [4.78, 5) is 37.6. The van der Waals surface area contributed by atoms with E-state index in [-0.39, 0.29) is 27.9 Å². The molecule has 0 radical (unpaired) electrons. The zero-order valence-electron chi connectivity index (χ0n) is 16.7. The molecule has 0 saturated carbocycles. The molecule has 0 aliphatic heterocycles. The summed E-state index contributed by atoms with van der Waals surface area (Å²) in [7, 11) is 4.93. The highest BCUT2D eigenvalue weighted by atomic mass is 35.5. The zero-order valence-corrected chi connectivity index (χ0v) is 18.3. The van der Waals surface area contributed by atoms with Gasteiger partial charge < -0.3 is 14.8 Å². The first-order valence-corrected chi connectivity index (χ1v) is 9.99. The Balaban J connectivity index is 1.88. The maximum Gasteiger partial charge on any atom is 0.284 e. The van der Waals surface area contributed by atoms with Crippen LogP contribution in [0.2, 0.25) is 5.02 Å². The largest absolute Gasteiger partial charge is 0.345 e. The van der Waals surface area contributed by atoms with Gasteiger partial charge in [0.1, 0.15) is 6.33 Å². The van der Waals surface area contributed by atoms with Gasteiger partial charge >= 0.3 is 0 Å². The summed E-state index contributed by atoms with van der Waals surface area (Å²) in [5.74, 6) is -0.859. The molecule has 0 unspecified atom stereocenters. The Morgan fingerprint density at radius 1 is 1.19 bits per heavy atom. The fourth-order valence-corrected chi connectivity index (χ4v) is 3.57. The van der Waals surface area contributed by atoms with Crippen LogP contribution in [0.5, 0.6) is 0 Å². The van der Waals surface area contributed by atoms with E-state index in [2.05, 4.69) is 15.5 Å². The summed E-state index contributed by atoms with van der Waals surface area (Å²) in [6.45, 7) is 0. The van der Waals surface area contributed by atoms with Crippen molar-refractivity contribution in [2.45, 2.75) is 10.1 Å². The number of carbonyl (C=O) groups excluding carboxylic acids is 2. The molecule has 1 aromatic heterocycles. The van der Waals surface area contributed by atoms with Crippen LogP contribution >= 0.6 is 23.4 Å². The van der Waals surface area contributed by atoms with Gasteiger partial charge in [0.2, 0.25) is 0 Å². The van der Waals surface area contributed by atoms with E-state index < -0.39 is 10.8 Å². The van der Waals surface area contributed by atoms with E-state index in [0.717, 1.165) is 11.8 Å². The number of hydrogen-bond acceptors (Lipinski definition) is 7. The lowest BCUT2D eigenvalue weighted by Gasteiger charge is -2.13. The number of nitro groups is 1. The van der Waals surface area contributed by atoms with Crippen molar-refractivity contribution in [1.82, 2.24) is 19.7 Å². The van der Waals surface area contributed by atoms with Crippen molar-refractivity contribution in [2.24, 2.45) is 7.05 Å². The van der Waals surface area contributed by atoms with Crippen molar-refractivity contribution < 1.29 is 14.5 Å². The van der Waals surface area contributed by atoms with Crippen LogP contribution in [-0.4, -0.2) is 50.5 Å². The molecule has 0 aliphatic rings. The van der Waals surface area contributed by atoms with Gasteiger partial charge in [-0.1, -0.05) is 11.6 Å². The van der Waals surface area contributed by atoms with Gasteiger partial charge in [-0.15, -0.1) is 10.2 Å². The Labute approximate surface area is 186 Å². The molecule has 3 rings (SSSR count). The van der Waals surface area contributed by atoms with Crippen LogP contribution in [-0.2, 0) is 7.05 Å². The van der Waals surface area contributed by atoms with Gasteiger partial charge in [0.05, 0.1) is 20.5 Å². The maximum atomic E-state index is 12.7. The van der Waals surface area contributed by atoms with Gasteiger partial charge in [-0.2, -0.15) is 0 Å². The number of aromatic nitrogens is 3. The van der Waals surface area contributed by atoms with E-state index in [9.17, 15) is 19.7 Å². The lowest BCUT2D eigenvalue weighted by Crippen LogP contribution is -2.22. The third-order valence-electron chi connectivity index (χ3n) is 4.16. The van der Waals surface area contributed by atoms with E-state index in [1.54, 1.807) is 31.8 Å². The van der Waals surface area contributed by atoms with Crippen molar-refractivity contribution in [3.05, 3.63) is 69.0 Å². The van der Waals surface area contributed by atoms with Crippen LogP contribution in [0.15, 0.2) is 52.8 Å². The molecule has 0 bridgehead atoms. The fourth-order valence-electron chi connectivity index (χ4n) is 2.56. The minimum absolute atomic E-state index is 0.0643. The molecule has 0 spiro atoms. The molecule has 0 atom stereocenters. The predicted octanol–water partition coefficient (Wildman–Crippen LogP) is 3.48. The quantitative estimate of drug-likeness (QED) is 0.441. The average Bonchev–Trinajstić information content (AvgIpc) is 3.13. The smallest absolute Gasteiger partial charge is 0.284 e. The predicted molar refractivity (Wildman–Crippen MR) is 116 cm³/mol. The third-order valence-corrected chi connectivity index (χ3v) is 5.60.